The third kappa shape index (κ3) is 1.79. The molecule has 3 N–H and O–H groups in total. The molecule has 1 aromatic rings. The van der Waals surface area contributed by atoms with Crippen LogP contribution in [0.5, 0.6) is 5.75 Å². The van der Waals surface area contributed by atoms with E-state index in [2.05, 4.69) is 15.9 Å². The highest BCUT2D eigenvalue weighted by Gasteiger charge is 2.45. The van der Waals surface area contributed by atoms with E-state index in [4.69, 9.17) is 5.73 Å². The summed E-state index contributed by atoms with van der Waals surface area (Å²) >= 11 is 3.49. The minimum atomic E-state index is 0.0534. The van der Waals surface area contributed by atoms with Crippen molar-refractivity contribution < 1.29 is 5.11 Å². The van der Waals surface area contributed by atoms with Gasteiger partial charge in [-0.05, 0) is 37.0 Å². The van der Waals surface area contributed by atoms with Crippen LogP contribution < -0.4 is 5.73 Å². The number of halogens is 1. The highest BCUT2D eigenvalue weighted by atomic mass is 79.9. The van der Waals surface area contributed by atoms with Crippen molar-refractivity contribution in [2.24, 2.45) is 5.73 Å². The summed E-state index contributed by atoms with van der Waals surface area (Å²) in [4.78, 5) is 0. The van der Waals surface area contributed by atoms with Crippen LogP contribution in [0, 0.1) is 0 Å². The molecule has 2 nitrogen and oxygen atoms in total. The summed E-state index contributed by atoms with van der Waals surface area (Å²) in [5, 5.41) is 10.1. The first kappa shape index (κ1) is 11.0. The van der Waals surface area contributed by atoms with E-state index in [9.17, 15) is 5.11 Å². The van der Waals surface area contributed by atoms with Crippen LogP contribution >= 0.6 is 15.9 Å². The van der Waals surface area contributed by atoms with Crippen LogP contribution in [0.25, 0.3) is 0 Å². The van der Waals surface area contributed by atoms with Gasteiger partial charge in [-0.15, -0.1) is 0 Å². The summed E-state index contributed by atoms with van der Waals surface area (Å²) in [6, 6.07) is 3.99. The van der Waals surface area contributed by atoms with Gasteiger partial charge in [0.15, 0.2) is 0 Å². The van der Waals surface area contributed by atoms with Crippen LogP contribution in [-0.4, -0.2) is 11.7 Å². The van der Waals surface area contributed by atoms with Crippen molar-refractivity contribution in [3.63, 3.8) is 0 Å². The molecule has 0 unspecified atom stereocenters. The number of aromatic hydroxyl groups is 1. The maximum atomic E-state index is 10.1. The summed E-state index contributed by atoms with van der Waals surface area (Å²) < 4.78 is 1.03. The molecule has 0 spiro atoms. The number of nitrogens with two attached hydrogens (primary N) is 1. The van der Waals surface area contributed by atoms with Crippen molar-refractivity contribution in [3.05, 3.63) is 27.7 Å². The second-order valence-corrected chi connectivity index (χ2v) is 5.21. The molecule has 1 aromatic carbocycles. The molecule has 0 aromatic heterocycles. The Bertz CT molecular complexity index is 385. The van der Waals surface area contributed by atoms with Crippen LogP contribution in [0.4, 0.5) is 0 Å². The lowest BCUT2D eigenvalue weighted by atomic mass is 9.92. The number of benzene rings is 1. The third-order valence-corrected chi connectivity index (χ3v) is 3.81. The van der Waals surface area contributed by atoms with E-state index in [0.29, 0.717) is 12.3 Å². The number of phenols is 1. The lowest BCUT2D eigenvalue weighted by molar-refractivity contribution is 0.452. The van der Waals surface area contributed by atoms with Gasteiger partial charge < -0.3 is 10.8 Å². The standard InChI is InChI=1S/C12H16BrNO/c1-2-8-5-9(13)6-10(11(8)15)12(7-14)3-4-12/h5-6,15H,2-4,7,14H2,1H3. The molecule has 15 heavy (non-hydrogen) atoms. The Morgan fingerprint density at radius 3 is 2.60 bits per heavy atom. The van der Waals surface area contributed by atoms with Gasteiger partial charge in [0, 0.05) is 22.0 Å². The second-order valence-electron chi connectivity index (χ2n) is 4.30. The molecule has 1 fully saturated rings. The molecule has 0 amide bonds. The van der Waals surface area contributed by atoms with Crippen molar-refractivity contribution in [1.82, 2.24) is 0 Å². The Balaban J connectivity index is 2.51. The third-order valence-electron chi connectivity index (χ3n) is 3.35. The predicted molar refractivity (Wildman–Crippen MR) is 65.2 cm³/mol. The first-order valence-corrected chi connectivity index (χ1v) is 6.14. The zero-order valence-corrected chi connectivity index (χ0v) is 10.5. The first-order valence-electron chi connectivity index (χ1n) is 5.35. The maximum Gasteiger partial charge on any atom is 0.122 e. The second kappa shape index (κ2) is 3.80. The monoisotopic (exact) mass is 269 g/mol. The average Bonchev–Trinajstić information content (AvgIpc) is 3.01. The Morgan fingerprint density at radius 1 is 1.47 bits per heavy atom. The topological polar surface area (TPSA) is 46.2 Å². The SMILES string of the molecule is CCc1cc(Br)cc(C2(CN)CC2)c1O. The highest BCUT2D eigenvalue weighted by molar-refractivity contribution is 9.10. The zero-order chi connectivity index (χ0) is 11.1. The minimum Gasteiger partial charge on any atom is -0.507 e. The van der Waals surface area contributed by atoms with Gasteiger partial charge >= 0.3 is 0 Å². The summed E-state index contributed by atoms with van der Waals surface area (Å²) in [7, 11) is 0. The Labute approximate surface area is 98.6 Å². The minimum absolute atomic E-state index is 0.0534. The molecule has 0 aliphatic heterocycles. The predicted octanol–water partition coefficient (Wildman–Crippen LogP) is 2.71. The number of phenolic OH excluding ortho intramolecular Hbond substituents is 1. The molecule has 0 heterocycles. The maximum absolute atomic E-state index is 10.1. The Morgan fingerprint density at radius 2 is 2.13 bits per heavy atom. The number of hydrogen-bond acceptors (Lipinski definition) is 2. The first-order chi connectivity index (χ1) is 7.13. The molecule has 1 aliphatic rings. The smallest absolute Gasteiger partial charge is 0.122 e. The molecule has 1 aliphatic carbocycles. The highest BCUT2D eigenvalue weighted by Crippen LogP contribution is 2.51. The molecule has 0 radical (unpaired) electrons. The fourth-order valence-corrected chi connectivity index (χ4v) is 2.57. The lowest BCUT2D eigenvalue weighted by Crippen LogP contribution is -2.20. The number of aryl methyl sites for hydroxylation is 1. The Hall–Kier alpha value is -0.540. The summed E-state index contributed by atoms with van der Waals surface area (Å²) in [6.07, 6.45) is 3.03. The van der Waals surface area contributed by atoms with E-state index in [1.54, 1.807) is 0 Å². The fraction of sp³-hybridized carbons (Fsp3) is 0.500. The zero-order valence-electron chi connectivity index (χ0n) is 8.89. The lowest BCUT2D eigenvalue weighted by Gasteiger charge is -2.17. The number of hydrogen-bond donors (Lipinski definition) is 2. The van der Waals surface area contributed by atoms with E-state index in [1.807, 2.05) is 19.1 Å². The van der Waals surface area contributed by atoms with Gasteiger partial charge in [0.05, 0.1) is 0 Å². The molecule has 0 bridgehead atoms. The molecular formula is C12H16BrNO. The quantitative estimate of drug-likeness (QED) is 0.887. The molecule has 3 heteroatoms. The van der Waals surface area contributed by atoms with Crippen LogP contribution in [0.1, 0.15) is 30.9 Å². The van der Waals surface area contributed by atoms with Gasteiger partial charge in [-0.25, -0.2) is 0 Å². The summed E-state index contributed by atoms with van der Waals surface area (Å²) in [5.74, 6) is 0.448. The molecule has 0 atom stereocenters. The summed E-state index contributed by atoms with van der Waals surface area (Å²) in [5.41, 5.74) is 7.86. The molecule has 82 valence electrons. The van der Waals surface area contributed by atoms with Crippen molar-refractivity contribution >= 4 is 15.9 Å². The van der Waals surface area contributed by atoms with Crippen molar-refractivity contribution in [2.45, 2.75) is 31.6 Å². The van der Waals surface area contributed by atoms with Crippen LogP contribution in [-0.2, 0) is 11.8 Å². The number of rotatable bonds is 3. The molecule has 0 saturated heterocycles. The molecule has 2 rings (SSSR count). The van der Waals surface area contributed by atoms with Crippen molar-refractivity contribution in [3.8, 4) is 5.75 Å². The largest absolute Gasteiger partial charge is 0.507 e. The van der Waals surface area contributed by atoms with Crippen LogP contribution in [0.3, 0.4) is 0 Å². The van der Waals surface area contributed by atoms with E-state index in [0.717, 1.165) is 34.9 Å². The average molecular weight is 270 g/mol. The normalized spacial score (nSPS) is 17.8. The van der Waals surface area contributed by atoms with Crippen LogP contribution in [0.15, 0.2) is 16.6 Å². The fourth-order valence-electron chi connectivity index (χ4n) is 2.06. The van der Waals surface area contributed by atoms with E-state index >= 15 is 0 Å². The van der Waals surface area contributed by atoms with Crippen LogP contribution in [0.2, 0.25) is 0 Å². The van der Waals surface area contributed by atoms with E-state index in [-0.39, 0.29) is 5.41 Å². The van der Waals surface area contributed by atoms with Gasteiger partial charge in [0.25, 0.3) is 0 Å². The molecule has 1 saturated carbocycles. The van der Waals surface area contributed by atoms with Gasteiger partial charge in [-0.2, -0.15) is 0 Å². The van der Waals surface area contributed by atoms with Crippen molar-refractivity contribution in [2.75, 3.05) is 6.54 Å². The van der Waals surface area contributed by atoms with Crippen molar-refractivity contribution in [1.29, 1.82) is 0 Å². The van der Waals surface area contributed by atoms with Gasteiger partial charge in [0.1, 0.15) is 5.75 Å². The Kier molecular flexibility index (Phi) is 2.77. The van der Waals surface area contributed by atoms with Gasteiger partial charge in [-0.3, -0.25) is 0 Å². The van der Waals surface area contributed by atoms with E-state index in [1.165, 1.54) is 0 Å². The molecular weight excluding hydrogens is 254 g/mol. The van der Waals surface area contributed by atoms with Gasteiger partial charge in [-0.1, -0.05) is 22.9 Å². The van der Waals surface area contributed by atoms with E-state index < -0.39 is 0 Å². The van der Waals surface area contributed by atoms with Gasteiger partial charge in [0.2, 0.25) is 0 Å². The summed E-state index contributed by atoms with van der Waals surface area (Å²) in [6.45, 7) is 2.67.